The molecule has 7 heteroatoms. The van der Waals surface area contributed by atoms with Crippen LogP contribution in [0.15, 0.2) is 24.3 Å². The number of nitrogens with zero attached hydrogens (tertiary/aromatic N) is 3. The van der Waals surface area contributed by atoms with Crippen LogP contribution in [0.25, 0.3) is 5.69 Å². The molecule has 17 heavy (non-hydrogen) atoms. The first-order valence-corrected chi connectivity index (χ1v) is 4.87. The number of hydrogen-bond donors (Lipinski definition) is 0. The van der Waals surface area contributed by atoms with E-state index in [9.17, 15) is 9.90 Å². The van der Waals surface area contributed by atoms with Crippen molar-refractivity contribution < 1.29 is 39.5 Å². The van der Waals surface area contributed by atoms with E-state index in [-0.39, 0.29) is 35.3 Å². The summed E-state index contributed by atoms with van der Waals surface area (Å²) in [6.07, 6.45) is 0. The Hall–Kier alpha value is -0.880. The average Bonchev–Trinajstić information content (AvgIpc) is 2.61. The van der Waals surface area contributed by atoms with Crippen molar-refractivity contribution in [3.63, 3.8) is 0 Å². The van der Waals surface area contributed by atoms with Crippen molar-refractivity contribution in [3.8, 4) is 5.69 Å². The molecule has 1 aromatic heterocycles. The van der Waals surface area contributed by atoms with Crippen molar-refractivity contribution in [1.29, 1.82) is 0 Å². The van der Waals surface area contributed by atoms with Gasteiger partial charge in [0.2, 0.25) is 0 Å². The molecule has 0 aliphatic carbocycles. The summed E-state index contributed by atoms with van der Waals surface area (Å²) in [5.74, 6) is -1.34. The van der Waals surface area contributed by atoms with Crippen molar-refractivity contribution in [2.75, 3.05) is 0 Å². The SMILES string of the molecule is Cc1c(C(=O)[O-])nnn1-c1ccc(Cl)cc1.[Na+]. The second kappa shape index (κ2) is 5.64. The Morgan fingerprint density at radius 3 is 2.41 bits per heavy atom. The predicted octanol–water partition coefficient (Wildman–Crippen LogP) is -2.40. The second-order valence-corrected chi connectivity index (χ2v) is 3.64. The van der Waals surface area contributed by atoms with Crippen LogP contribution in [0.3, 0.4) is 0 Å². The number of rotatable bonds is 2. The zero-order valence-corrected chi connectivity index (χ0v) is 12.1. The summed E-state index contributed by atoms with van der Waals surface area (Å²) in [5, 5.41) is 18.5. The van der Waals surface area contributed by atoms with Gasteiger partial charge in [-0.25, -0.2) is 4.68 Å². The molecular formula is C10H7ClN3NaO2. The first-order chi connectivity index (χ1) is 7.59. The number of carbonyl (C=O) groups is 1. The molecule has 0 amide bonds. The Bertz CT molecular complexity index is 539. The van der Waals surface area contributed by atoms with Crippen LogP contribution in [0.5, 0.6) is 0 Å². The van der Waals surface area contributed by atoms with Crippen LogP contribution in [0.4, 0.5) is 0 Å². The van der Waals surface area contributed by atoms with E-state index in [1.807, 2.05) is 0 Å². The van der Waals surface area contributed by atoms with Gasteiger partial charge in [-0.3, -0.25) is 0 Å². The van der Waals surface area contributed by atoms with E-state index in [4.69, 9.17) is 11.6 Å². The number of halogens is 1. The minimum absolute atomic E-state index is 0. The standard InChI is InChI=1S/C10H8ClN3O2.Na/c1-6-9(10(15)16)12-13-14(6)8-4-2-7(11)3-5-8;/h2-5H,1H3,(H,15,16);/q;+1/p-1. The van der Waals surface area contributed by atoms with Gasteiger partial charge >= 0.3 is 29.6 Å². The first-order valence-electron chi connectivity index (χ1n) is 4.49. The third kappa shape index (κ3) is 2.87. The molecule has 2 rings (SSSR count). The molecule has 0 N–H and O–H groups in total. The van der Waals surface area contributed by atoms with Crippen molar-refractivity contribution in [1.82, 2.24) is 15.0 Å². The number of aromatic carboxylic acids is 1. The van der Waals surface area contributed by atoms with Crippen LogP contribution >= 0.6 is 11.6 Å². The molecule has 1 aromatic carbocycles. The third-order valence-electron chi connectivity index (χ3n) is 2.16. The fourth-order valence-electron chi connectivity index (χ4n) is 1.35. The number of carboxylic acids is 1. The van der Waals surface area contributed by atoms with Gasteiger partial charge in [-0.15, -0.1) is 5.10 Å². The molecule has 0 saturated carbocycles. The molecule has 0 aliphatic heterocycles. The van der Waals surface area contributed by atoms with Gasteiger partial charge in [-0.05, 0) is 31.2 Å². The Labute approximate surface area is 125 Å². The largest absolute Gasteiger partial charge is 1.00 e. The quantitative estimate of drug-likeness (QED) is 0.564. The van der Waals surface area contributed by atoms with Crippen molar-refractivity contribution in [2.24, 2.45) is 0 Å². The maximum absolute atomic E-state index is 10.7. The molecular weight excluding hydrogens is 253 g/mol. The van der Waals surface area contributed by atoms with E-state index in [2.05, 4.69) is 10.3 Å². The van der Waals surface area contributed by atoms with Crippen molar-refractivity contribution in [2.45, 2.75) is 6.92 Å². The second-order valence-electron chi connectivity index (χ2n) is 3.20. The maximum Gasteiger partial charge on any atom is 1.00 e. The summed E-state index contributed by atoms with van der Waals surface area (Å²) in [4.78, 5) is 10.7. The van der Waals surface area contributed by atoms with Gasteiger partial charge in [0.15, 0.2) is 0 Å². The van der Waals surface area contributed by atoms with Gasteiger partial charge in [0.1, 0.15) is 5.69 Å². The smallest absolute Gasteiger partial charge is 0.543 e. The molecule has 0 spiro atoms. The van der Waals surface area contributed by atoms with Crippen molar-refractivity contribution in [3.05, 3.63) is 40.7 Å². The molecule has 0 radical (unpaired) electrons. The summed E-state index contributed by atoms with van der Waals surface area (Å²) >= 11 is 5.75. The third-order valence-corrected chi connectivity index (χ3v) is 2.41. The first kappa shape index (κ1) is 14.2. The van der Waals surface area contributed by atoms with E-state index in [0.717, 1.165) is 0 Å². The molecule has 0 unspecified atom stereocenters. The van der Waals surface area contributed by atoms with Crippen LogP contribution in [0.2, 0.25) is 5.02 Å². The van der Waals surface area contributed by atoms with Gasteiger partial charge in [0.05, 0.1) is 17.4 Å². The normalized spacial score (nSPS) is 9.76. The summed E-state index contributed by atoms with van der Waals surface area (Å²) in [6.45, 7) is 1.61. The number of hydrogen-bond acceptors (Lipinski definition) is 4. The molecule has 2 aromatic rings. The molecule has 0 aliphatic rings. The Morgan fingerprint density at radius 2 is 1.94 bits per heavy atom. The van der Waals surface area contributed by atoms with Gasteiger partial charge in [0.25, 0.3) is 0 Å². The molecule has 0 saturated heterocycles. The maximum atomic E-state index is 10.7. The van der Waals surface area contributed by atoms with E-state index in [0.29, 0.717) is 16.4 Å². The van der Waals surface area contributed by atoms with Crippen LogP contribution in [0.1, 0.15) is 16.2 Å². The van der Waals surface area contributed by atoms with Gasteiger partial charge < -0.3 is 9.90 Å². The van der Waals surface area contributed by atoms with Crippen LogP contribution in [0, 0.1) is 6.92 Å². The van der Waals surface area contributed by atoms with Gasteiger partial charge in [0, 0.05) is 5.02 Å². The van der Waals surface area contributed by atoms with E-state index in [1.165, 1.54) is 4.68 Å². The van der Waals surface area contributed by atoms with E-state index in [1.54, 1.807) is 31.2 Å². The molecule has 0 bridgehead atoms. The Kier molecular flexibility index (Phi) is 4.70. The van der Waals surface area contributed by atoms with Crippen LogP contribution in [-0.2, 0) is 0 Å². The Morgan fingerprint density at radius 1 is 1.35 bits per heavy atom. The summed E-state index contributed by atoms with van der Waals surface area (Å²) in [5.41, 5.74) is 0.958. The topological polar surface area (TPSA) is 70.8 Å². The van der Waals surface area contributed by atoms with E-state index < -0.39 is 5.97 Å². The summed E-state index contributed by atoms with van der Waals surface area (Å²) in [7, 11) is 0. The van der Waals surface area contributed by atoms with Gasteiger partial charge in [-0.2, -0.15) is 0 Å². The fourth-order valence-corrected chi connectivity index (χ4v) is 1.47. The van der Waals surface area contributed by atoms with Gasteiger partial charge in [-0.1, -0.05) is 16.8 Å². The monoisotopic (exact) mass is 259 g/mol. The molecule has 1 heterocycles. The summed E-state index contributed by atoms with van der Waals surface area (Å²) in [6, 6.07) is 6.83. The summed E-state index contributed by atoms with van der Waals surface area (Å²) < 4.78 is 1.42. The minimum atomic E-state index is -1.34. The zero-order valence-electron chi connectivity index (χ0n) is 9.35. The van der Waals surface area contributed by atoms with Crippen LogP contribution < -0.4 is 34.7 Å². The van der Waals surface area contributed by atoms with E-state index >= 15 is 0 Å². The fraction of sp³-hybridized carbons (Fsp3) is 0.100. The zero-order chi connectivity index (χ0) is 11.7. The number of carbonyl (C=O) groups excluding carboxylic acids is 1. The molecule has 0 atom stereocenters. The number of aromatic nitrogens is 3. The predicted molar refractivity (Wildman–Crippen MR) is 55.4 cm³/mol. The molecule has 5 nitrogen and oxygen atoms in total. The van der Waals surface area contributed by atoms with Crippen molar-refractivity contribution >= 4 is 17.6 Å². The molecule has 82 valence electrons. The number of carboxylic acid groups (broad SMARTS) is 1. The number of benzene rings is 1. The Balaban J connectivity index is 0.00000144. The molecule has 0 fully saturated rings. The van der Waals surface area contributed by atoms with Crippen LogP contribution in [-0.4, -0.2) is 21.0 Å². The minimum Gasteiger partial charge on any atom is -0.543 e. The average molecular weight is 260 g/mol.